The highest BCUT2D eigenvalue weighted by Crippen LogP contribution is 2.23. The Morgan fingerprint density at radius 3 is 2.81 bits per heavy atom. The first-order valence-electron chi connectivity index (χ1n) is 5.68. The zero-order valence-corrected chi connectivity index (χ0v) is 10.3. The maximum Gasteiger partial charge on any atom is 0.148 e. The molecule has 86 valence electrons. The van der Waals surface area contributed by atoms with Crippen molar-refractivity contribution in [1.82, 2.24) is 0 Å². The van der Waals surface area contributed by atoms with Gasteiger partial charge in [-0.1, -0.05) is 18.6 Å². The van der Waals surface area contributed by atoms with Crippen molar-refractivity contribution in [3.8, 4) is 0 Å². The molecule has 1 aromatic carbocycles. The summed E-state index contributed by atoms with van der Waals surface area (Å²) in [4.78, 5) is 12.5. The maximum absolute atomic E-state index is 12.3. The van der Waals surface area contributed by atoms with E-state index in [2.05, 4.69) is 0 Å². The number of carbonyl (C=O) groups excluding carboxylic acids is 1. The minimum absolute atomic E-state index is 0.172. The fraction of sp³-hybridized carbons (Fsp3) is 0.462. The lowest BCUT2D eigenvalue weighted by atomic mass is 9.99. The van der Waals surface area contributed by atoms with Crippen molar-refractivity contribution < 1.29 is 9.00 Å². The van der Waals surface area contributed by atoms with Gasteiger partial charge in [0, 0.05) is 11.3 Å². The number of rotatable bonds is 2. The van der Waals surface area contributed by atoms with Crippen LogP contribution in [-0.2, 0) is 15.6 Å². The van der Waals surface area contributed by atoms with Crippen molar-refractivity contribution >= 4 is 16.6 Å². The van der Waals surface area contributed by atoms with Gasteiger partial charge in [0.15, 0.2) is 0 Å². The van der Waals surface area contributed by atoms with Crippen LogP contribution in [0.15, 0.2) is 29.2 Å². The van der Waals surface area contributed by atoms with Crippen LogP contribution in [0.25, 0.3) is 0 Å². The van der Waals surface area contributed by atoms with Gasteiger partial charge in [0.2, 0.25) is 0 Å². The molecule has 0 N–H and O–H groups in total. The molecule has 2 unspecified atom stereocenters. The van der Waals surface area contributed by atoms with Crippen LogP contribution in [0, 0.1) is 6.92 Å². The molecule has 0 aliphatic heterocycles. The molecule has 2 nitrogen and oxygen atoms in total. The van der Waals surface area contributed by atoms with Crippen LogP contribution in [-0.4, -0.2) is 15.2 Å². The van der Waals surface area contributed by atoms with Gasteiger partial charge in [-0.25, -0.2) is 0 Å². The molecule has 1 fully saturated rings. The van der Waals surface area contributed by atoms with Crippen LogP contribution in [0.1, 0.15) is 31.2 Å². The van der Waals surface area contributed by atoms with E-state index in [4.69, 9.17) is 0 Å². The second kappa shape index (κ2) is 4.91. The van der Waals surface area contributed by atoms with Gasteiger partial charge in [0.05, 0.1) is 16.0 Å². The van der Waals surface area contributed by atoms with Crippen molar-refractivity contribution in [2.75, 3.05) is 0 Å². The highest BCUT2D eigenvalue weighted by atomic mass is 32.2. The van der Waals surface area contributed by atoms with Crippen LogP contribution < -0.4 is 0 Å². The quantitative estimate of drug-likeness (QED) is 0.791. The molecule has 0 aromatic heterocycles. The van der Waals surface area contributed by atoms with Crippen molar-refractivity contribution in [1.29, 1.82) is 0 Å². The molecule has 0 bridgehead atoms. The first kappa shape index (κ1) is 11.5. The Bertz CT molecular complexity index is 426. The topological polar surface area (TPSA) is 34.1 Å². The fourth-order valence-electron chi connectivity index (χ4n) is 2.08. The first-order valence-corrected chi connectivity index (χ1v) is 6.90. The predicted octanol–water partition coefficient (Wildman–Crippen LogP) is 2.61. The minimum Gasteiger partial charge on any atom is -0.298 e. The summed E-state index contributed by atoms with van der Waals surface area (Å²) < 4.78 is 12.3. The smallest absolute Gasteiger partial charge is 0.148 e. The summed E-state index contributed by atoms with van der Waals surface area (Å²) in [7, 11) is -1.16. The molecular formula is C13H16O2S. The Hall–Kier alpha value is -0.960. The van der Waals surface area contributed by atoms with E-state index < -0.39 is 10.8 Å². The molecule has 3 heteroatoms. The number of ketones is 1. The average molecular weight is 236 g/mol. The molecule has 1 aliphatic rings. The summed E-state index contributed by atoms with van der Waals surface area (Å²) in [5, 5.41) is -0.268. The fourth-order valence-corrected chi connectivity index (χ4v) is 3.66. The van der Waals surface area contributed by atoms with E-state index in [-0.39, 0.29) is 11.0 Å². The number of aryl methyl sites for hydroxylation is 1. The summed E-state index contributed by atoms with van der Waals surface area (Å²) in [5.74, 6) is 0.172. The highest BCUT2D eigenvalue weighted by Gasteiger charge is 2.28. The van der Waals surface area contributed by atoms with Gasteiger partial charge in [-0.05, 0) is 37.5 Å². The number of benzene rings is 1. The SMILES string of the molecule is Cc1cccc(S(=O)C2CCCCC2=O)c1. The van der Waals surface area contributed by atoms with Crippen LogP contribution in [0.4, 0.5) is 0 Å². The van der Waals surface area contributed by atoms with Gasteiger partial charge in [0.1, 0.15) is 5.78 Å². The summed E-state index contributed by atoms with van der Waals surface area (Å²) in [6, 6.07) is 7.64. The molecule has 0 spiro atoms. The lowest BCUT2D eigenvalue weighted by Crippen LogP contribution is -2.29. The van der Waals surface area contributed by atoms with Crippen molar-refractivity contribution in [2.45, 2.75) is 42.8 Å². The van der Waals surface area contributed by atoms with Gasteiger partial charge in [-0.2, -0.15) is 0 Å². The zero-order chi connectivity index (χ0) is 11.5. The van der Waals surface area contributed by atoms with E-state index in [0.29, 0.717) is 6.42 Å². The number of hydrogen-bond donors (Lipinski definition) is 0. The van der Waals surface area contributed by atoms with Crippen LogP contribution in [0.5, 0.6) is 0 Å². The Morgan fingerprint density at radius 2 is 2.12 bits per heavy atom. The molecular weight excluding hydrogens is 220 g/mol. The monoisotopic (exact) mass is 236 g/mol. The zero-order valence-electron chi connectivity index (χ0n) is 9.44. The van der Waals surface area contributed by atoms with E-state index in [1.54, 1.807) is 0 Å². The molecule has 1 saturated carbocycles. The highest BCUT2D eigenvalue weighted by molar-refractivity contribution is 7.86. The van der Waals surface area contributed by atoms with Gasteiger partial charge in [-0.3, -0.25) is 9.00 Å². The third kappa shape index (κ3) is 2.40. The van der Waals surface area contributed by atoms with E-state index in [0.717, 1.165) is 29.7 Å². The summed E-state index contributed by atoms with van der Waals surface area (Å²) >= 11 is 0. The Balaban J connectivity index is 2.21. The molecule has 2 atom stereocenters. The Morgan fingerprint density at radius 1 is 1.31 bits per heavy atom. The number of hydrogen-bond acceptors (Lipinski definition) is 2. The summed E-state index contributed by atoms with van der Waals surface area (Å²) in [6.45, 7) is 1.98. The standard InChI is InChI=1S/C13H16O2S/c1-10-5-4-6-11(9-10)16(15)13-8-3-2-7-12(13)14/h4-6,9,13H,2-3,7-8H2,1H3. The first-order chi connectivity index (χ1) is 7.68. The second-order valence-electron chi connectivity index (χ2n) is 4.31. The molecule has 0 saturated heterocycles. The Labute approximate surface area is 98.5 Å². The molecule has 0 amide bonds. The lowest BCUT2D eigenvalue weighted by molar-refractivity contribution is -0.119. The summed E-state index contributed by atoms with van der Waals surface area (Å²) in [6.07, 6.45) is 3.36. The van der Waals surface area contributed by atoms with Gasteiger partial charge < -0.3 is 0 Å². The molecule has 16 heavy (non-hydrogen) atoms. The molecule has 0 radical (unpaired) electrons. The van der Waals surface area contributed by atoms with Gasteiger partial charge >= 0.3 is 0 Å². The maximum atomic E-state index is 12.3. The average Bonchev–Trinajstić information content (AvgIpc) is 2.29. The van der Waals surface area contributed by atoms with E-state index in [9.17, 15) is 9.00 Å². The van der Waals surface area contributed by atoms with E-state index in [1.807, 2.05) is 31.2 Å². The largest absolute Gasteiger partial charge is 0.298 e. The van der Waals surface area contributed by atoms with Gasteiger partial charge in [0.25, 0.3) is 0 Å². The third-order valence-corrected chi connectivity index (χ3v) is 4.71. The van der Waals surface area contributed by atoms with E-state index >= 15 is 0 Å². The Kier molecular flexibility index (Phi) is 3.54. The van der Waals surface area contributed by atoms with Crippen LogP contribution in [0.3, 0.4) is 0 Å². The van der Waals surface area contributed by atoms with E-state index in [1.165, 1.54) is 0 Å². The molecule has 1 aromatic rings. The number of carbonyl (C=O) groups is 1. The van der Waals surface area contributed by atoms with Crippen LogP contribution >= 0.6 is 0 Å². The van der Waals surface area contributed by atoms with Crippen molar-refractivity contribution in [3.63, 3.8) is 0 Å². The normalized spacial score (nSPS) is 23.1. The molecule has 2 rings (SSSR count). The molecule has 1 aliphatic carbocycles. The van der Waals surface area contributed by atoms with Crippen LogP contribution in [0.2, 0.25) is 0 Å². The number of Topliss-reactive ketones (excluding diaryl/α,β-unsaturated/α-hetero) is 1. The van der Waals surface area contributed by atoms with Crippen molar-refractivity contribution in [2.24, 2.45) is 0 Å². The van der Waals surface area contributed by atoms with Gasteiger partial charge in [-0.15, -0.1) is 0 Å². The third-order valence-electron chi connectivity index (χ3n) is 2.98. The second-order valence-corrected chi connectivity index (χ2v) is 5.95. The van der Waals surface area contributed by atoms with Crippen molar-refractivity contribution in [3.05, 3.63) is 29.8 Å². The minimum atomic E-state index is -1.16. The molecule has 0 heterocycles. The lowest BCUT2D eigenvalue weighted by Gasteiger charge is -2.19. The summed E-state index contributed by atoms with van der Waals surface area (Å²) in [5.41, 5.74) is 1.09. The predicted molar refractivity (Wildman–Crippen MR) is 64.9 cm³/mol.